The molecule has 0 saturated heterocycles. The molecule has 0 fully saturated rings. The zero-order valence-electron chi connectivity index (χ0n) is 11.6. The fourth-order valence-corrected chi connectivity index (χ4v) is 2.91. The maximum absolute atomic E-state index is 12.0. The van der Waals surface area contributed by atoms with E-state index in [1.165, 1.54) is 11.3 Å². The molecule has 0 aromatic carbocycles. The number of carbonyl (C=O) groups excluding carboxylic acids is 1. The Kier molecular flexibility index (Phi) is 4.11. The van der Waals surface area contributed by atoms with Crippen molar-refractivity contribution < 1.29 is 14.6 Å². The molecule has 4 heteroatoms. The summed E-state index contributed by atoms with van der Waals surface area (Å²) < 4.78 is 5.57. The molecule has 19 heavy (non-hydrogen) atoms. The van der Waals surface area contributed by atoms with Crippen molar-refractivity contribution >= 4 is 17.3 Å². The van der Waals surface area contributed by atoms with Gasteiger partial charge in [0, 0.05) is 0 Å². The van der Waals surface area contributed by atoms with Gasteiger partial charge >= 0.3 is 5.97 Å². The number of allylic oxidation sites excluding steroid dienone is 1. The third kappa shape index (κ3) is 3.45. The molecule has 0 aliphatic heterocycles. The Morgan fingerprint density at radius 2 is 2.26 bits per heavy atom. The van der Waals surface area contributed by atoms with Gasteiger partial charge in [-0.1, -0.05) is 12.1 Å². The highest BCUT2D eigenvalue weighted by molar-refractivity contribution is 7.11. The van der Waals surface area contributed by atoms with Crippen molar-refractivity contribution in [2.45, 2.75) is 45.3 Å². The molecule has 0 amide bonds. The molecule has 2 unspecified atom stereocenters. The Hall–Kier alpha value is -1.13. The minimum Gasteiger partial charge on any atom is -0.454 e. The molecule has 0 saturated carbocycles. The van der Waals surface area contributed by atoms with Gasteiger partial charge in [-0.05, 0) is 56.6 Å². The third-order valence-corrected chi connectivity index (χ3v) is 4.55. The van der Waals surface area contributed by atoms with Crippen molar-refractivity contribution in [3.63, 3.8) is 0 Å². The van der Waals surface area contributed by atoms with Gasteiger partial charge in [0.2, 0.25) is 0 Å². The summed E-state index contributed by atoms with van der Waals surface area (Å²) in [4.78, 5) is 12.6. The van der Waals surface area contributed by atoms with E-state index in [0.29, 0.717) is 11.3 Å². The van der Waals surface area contributed by atoms with Gasteiger partial charge in [-0.15, -0.1) is 11.3 Å². The second-order valence-electron chi connectivity index (χ2n) is 5.64. The number of carbonyl (C=O) groups is 1. The molecule has 0 radical (unpaired) electrons. The zero-order chi connectivity index (χ0) is 14.0. The molecule has 1 aliphatic rings. The SMILES string of the molecule is CC1=CCC(C(C)(C)O)CC1OC(=O)c1cccs1. The van der Waals surface area contributed by atoms with E-state index in [0.717, 1.165) is 12.0 Å². The largest absolute Gasteiger partial charge is 0.454 e. The molecule has 1 aromatic heterocycles. The van der Waals surface area contributed by atoms with Gasteiger partial charge in [0.05, 0.1) is 5.60 Å². The van der Waals surface area contributed by atoms with E-state index in [1.807, 2.05) is 32.2 Å². The lowest BCUT2D eigenvalue weighted by atomic mass is 9.78. The quantitative estimate of drug-likeness (QED) is 0.682. The van der Waals surface area contributed by atoms with E-state index >= 15 is 0 Å². The molecule has 104 valence electrons. The molecular formula is C15H20O3S. The zero-order valence-corrected chi connectivity index (χ0v) is 12.4. The second kappa shape index (κ2) is 5.47. The molecular weight excluding hydrogens is 260 g/mol. The van der Waals surface area contributed by atoms with Gasteiger partial charge in [-0.25, -0.2) is 4.79 Å². The van der Waals surface area contributed by atoms with E-state index in [4.69, 9.17) is 4.74 Å². The summed E-state index contributed by atoms with van der Waals surface area (Å²) >= 11 is 1.38. The highest BCUT2D eigenvalue weighted by Crippen LogP contribution is 2.33. The first-order valence-electron chi connectivity index (χ1n) is 6.51. The summed E-state index contributed by atoms with van der Waals surface area (Å²) in [7, 11) is 0. The minimum absolute atomic E-state index is 0.123. The molecule has 2 rings (SSSR count). The summed E-state index contributed by atoms with van der Waals surface area (Å²) in [6.07, 6.45) is 3.36. The molecule has 2 atom stereocenters. The van der Waals surface area contributed by atoms with Crippen molar-refractivity contribution in [1.29, 1.82) is 0 Å². The van der Waals surface area contributed by atoms with Crippen molar-refractivity contribution in [1.82, 2.24) is 0 Å². The first-order valence-corrected chi connectivity index (χ1v) is 7.39. The van der Waals surface area contributed by atoms with E-state index in [9.17, 15) is 9.90 Å². The van der Waals surface area contributed by atoms with Crippen LogP contribution in [0.2, 0.25) is 0 Å². The van der Waals surface area contributed by atoms with E-state index < -0.39 is 5.60 Å². The predicted molar refractivity (Wildman–Crippen MR) is 76.3 cm³/mol. The fraction of sp³-hybridized carbons (Fsp3) is 0.533. The molecule has 1 N–H and O–H groups in total. The molecule has 1 aromatic rings. The fourth-order valence-electron chi connectivity index (χ4n) is 2.30. The number of ether oxygens (including phenoxy) is 1. The molecule has 1 aliphatic carbocycles. The van der Waals surface area contributed by atoms with E-state index in [2.05, 4.69) is 6.08 Å². The highest BCUT2D eigenvalue weighted by atomic mass is 32.1. The number of hydrogen-bond donors (Lipinski definition) is 1. The van der Waals surface area contributed by atoms with Crippen LogP contribution >= 0.6 is 11.3 Å². The third-order valence-electron chi connectivity index (χ3n) is 3.70. The minimum atomic E-state index is -0.745. The van der Waals surface area contributed by atoms with Crippen LogP contribution in [0, 0.1) is 5.92 Å². The van der Waals surface area contributed by atoms with Crippen LogP contribution in [0.15, 0.2) is 29.2 Å². The average Bonchev–Trinajstić information content (AvgIpc) is 2.84. The van der Waals surface area contributed by atoms with Crippen LogP contribution in [0.25, 0.3) is 0 Å². The van der Waals surface area contributed by atoms with Gasteiger partial charge in [-0.2, -0.15) is 0 Å². The Morgan fingerprint density at radius 3 is 2.84 bits per heavy atom. The smallest absolute Gasteiger partial charge is 0.348 e. The number of aliphatic hydroxyl groups is 1. The van der Waals surface area contributed by atoms with Crippen molar-refractivity contribution in [2.24, 2.45) is 5.92 Å². The van der Waals surface area contributed by atoms with Crippen LogP contribution in [0.3, 0.4) is 0 Å². The molecule has 0 spiro atoms. The predicted octanol–water partition coefficient (Wildman–Crippen LogP) is 3.40. The Balaban J connectivity index is 2.05. The second-order valence-corrected chi connectivity index (χ2v) is 6.59. The molecule has 1 heterocycles. The van der Waals surface area contributed by atoms with Crippen LogP contribution in [-0.2, 0) is 4.74 Å². The highest BCUT2D eigenvalue weighted by Gasteiger charge is 2.33. The Bertz CT molecular complexity index is 468. The Labute approximate surface area is 117 Å². The van der Waals surface area contributed by atoms with Crippen molar-refractivity contribution in [3.8, 4) is 0 Å². The van der Waals surface area contributed by atoms with Crippen LogP contribution in [0.1, 0.15) is 43.3 Å². The van der Waals surface area contributed by atoms with Crippen LogP contribution in [0.4, 0.5) is 0 Å². The Morgan fingerprint density at radius 1 is 1.53 bits per heavy atom. The van der Waals surface area contributed by atoms with Gasteiger partial charge in [0.1, 0.15) is 11.0 Å². The van der Waals surface area contributed by atoms with Gasteiger partial charge in [-0.3, -0.25) is 0 Å². The normalized spacial score (nSPS) is 23.9. The number of rotatable bonds is 3. The standard InChI is InChI=1S/C15H20O3S/c1-10-6-7-11(15(2,3)17)9-12(10)18-14(16)13-5-4-8-19-13/h4-6,8,11-12,17H,7,9H2,1-3H3. The van der Waals surface area contributed by atoms with Crippen molar-refractivity contribution in [2.75, 3.05) is 0 Å². The van der Waals surface area contributed by atoms with Crippen LogP contribution < -0.4 is 0 Å². The summed E-state index contributed by atoms with van der Waals surface area (Å²) in [6, 6.07) is 3.60. The lowest BCUT2D eigenvalue weighted by Crippen LogP contribution is -2.37. The summed E-state index contributed by atoms with van der Waals surface area (Å²) in [6.45, 7) is 5.60. The topological polar surface area (TPSA) is 46.5 Å². The van der Waals surface area contributed by atoms with Gasteiger partial charge in [0.15, 0.2) is 0 Å². The monoisotopic (exact) mass is 280 g/mol. The number of hydrogen-bond acceptors (Lipinski definition) is 4. The van der Waals surface area contributed by atoms with Crippen molar-refractivity contribution in [3.05, 3.63) is 34.0 Å². The first-order chi connectivity index (χ1) is 8.88. The van der Waals surface area contributed by atoms with Gasteiger partial charge < -0.3 is 9.84 Å². The first kappa shape index (κ1) is 14.3. The molecule has 0 bridgehead atoms. The van der Waals surface area contributed by atoms with Gasteiger partial charge in [0.25, 0.3) is 0 Å². The summed E-state index contributed by atoms with van der Waals surface area (Å²) in [5.41, 5.74) is 0.329. The number of thiophene rings is 1. The van der Waals surface area contributed by atoms with E-state index in [-0.39, 0.29) is 18.0 Å². The number of esters is 1. The van der Waals surface area contributed by atoms with Crippen LogP contribution in [0.5, 0.6) is 0 Å². The summed E-state index contributed by atoms with van der Waals surface area (Å²) in [5.74, 6) is -0.151. The average molecular weight is 280 g/mol. The van der Waals surface area contributed by atoms with E-state index in [1.54, 1.807) is 6.07 Å². The maximum atomic E-state index is 12.0. The molecule has 3 nitrogen and oxygen atoms in total. The lowest BCUT2D eigenvalue weighted by Gasteiger charge is -2.35. The van der Waals surface area contributed by atoms with Crippen LogP contribution in [-0.4, -0.2) is 22.8 Å². The lowest BCUT2D eigenvalue weighted by molar-refractivity contribution is -0.0157. The maximum Gasteiger partial charge on any atom is 0.348 e. The summed E-state index contributed by atoms with van der Waals surface area (Å²) in [5, 5.41) is 12.0.